The summed E-state index contributed by atoms with van der Waals surface area (Å²) in [5.74, 6) is 1.62. The number of nitrogens with zero attached hydrogens (tertiary/aromatic N) is 3. The van der Waals surface area contributed by atoms with Gasteiger partial charge in [-0.3, -0.25) is 9.20 Å². The third kappa shape index (κ3) is 3.43. The summed E-state index contributed by atoms with van der Waals surface area (Å²) >= 11 is 1.48. The fourth-order valence-electron chi connectivity index (χ4n) is 4.57. The molecule has 2 aromatic carbocycles. The average Bonchev–Trinajstić information content (AvgIpc) is 3.15. The van der Waals surface area contributed by atoms with E-state index < -0.39 is 0 Å². The van der Waals surface area contributed by atoms with Crippen molar-refractivity contribution in [2.45, 2.75) is 44.3 Å². The number of benzene rings is 2. The van der Waals surface area contributed by atoms with Crippen molar-refractivity contribution in [3.05, 3.63) is 48.5 Å². The van der Waals surface area contributed by atoms with Crippen LogP contribution < -0.4 is 5.32 Å². The van der Waals surface area contributed by atoms with E-state index in [1.807, 2.05) is 36.4 Å². The van der Waals surface area contributed by atoms with Gasteiger partial charge in [-0.25, -0.2) is 9.97 Å². The highest BCUT2D eigenvalue weighted by Gasteiger charge is 2.28. The Labute approximate surface area is 180 Å². The van der Waals surface area contributed by atoms with Gasteiger partial charge in [0.2, 0.25) is 5.91 Å². The van der Waals surface area contributed by atoms with Crippen molar-refractivity contribution in [3.63, 3.8) is 0 Å². The second-order valence-electron chi connectivity index (χ2n) is 8.40. The van der Waals surface area contributed by atoms with Gasteiger partial charge in [0, 0.05) is 11.4 Å². The molecule has 0 bridgehead atoms. The lowest BCUT2D eigenvalue weighted by Gasteiger charge is -2.34. The van der Waals surface area contributed by atoms with Crippen molar-refractivity contribution < 1.29 is 4.79 Å². The number of carbonyl (C=O) groups excluding carboxylic acids is 1. The zero-order valence-corrected chi connectivity index (χ0v) is 18.2. The van der Waals surface area contributed by atoms with Crippen molar-refractivity contribution in [3.8, 4) is 0 Å². The lowest BCUT2D eigenvalue weighted by atomic mass is 9.78. The lowest BCUT2D eigenvalue weighted by molar-refractivity contribution is -0.120. The molecule has 4 aromatic rings. The number of aromatic nitrogens is 3. The zero-order valence-electron chi connectivity index (χ0n) is 17.3. The topological polar surface area (TPSA) is 59.3 Å². The summed E-state index contributed by atoms with van der Waals surface area (Å²) in [6, 6.07) is 16.4. The van der Waals surface area contributed by atoms with Crippen LogP contribution in [-0.4, -0.2) is 32.1 Å². The van der Waals surface area contributed by atoms with Gasteiger partial charge in [-0.1, -0.05) is 62.7 Å². The highest BCUT2D eigenvalue weighted by Crippen LogP contribution is 2.31. The first kappa shape index (κ1) is 19.4. The molecule has 154 valence electrons. The Bertz CT molecular complexity index is 1230. The first-order chi connectivity index (χ1) is 14.6. The van der Waals surface area contributed by atoms with E-state index in [0.29, 0.717) is 17.6 Å². The molecule has 1 fully saturated rings. The van der Waals surface area contributed by atoms with Gasteiger partial charge in [0.15, 0.2) is 5.16 Å². The molecule has 0 spiro atoms. The molecule has 6 heteroatoms. The predicted molar refractivity (Wildman–Crippen MR) is 123 cm³/mol. The van der Waals surface area contributed by atoms with Crippen molar-refractivity contribution >= 4 is 45.3 Å². The minimum atomic E-state index is 0.0819. The molecule has 1 N–H and O–H groups in total. The Hall–Kier alpha value is -2.60. The fraction of sp³-hybridized carbons (Fsp3) is 0.375. The van der Waals surface area contributed by atoms with Crippen LogP contribution in [0.25, 0.3) is 27.6 Å². The number of fused-ring (bicyclic) bond motifs is 5. The third-order valence-electron chi connectivity index (χ3n) is 6.50. The summed E-state index contributed by atoms with van der Waals surface area (Å²) < 4.78 is 2.08. The Morgan fingerprint density at radius 2 is 1.83 bits per heavy atom. The minimum Gasteiger partial charge on any atom is -0.352 e. The van der Waals surface area contributed by atoms with Crippen LogP contribution in [0.5, 0.6) is 0 Å². The summed E-state index contributed by atoms with van der Waals surface area (Å²) in [6.45, 7) is 4.55. The Balaban J connectivity index is 1.45. The van der Waals surface area contributed by atoms with Crippen molar-refractivity contribution in [1.82, 2.24) is 19.7 Å². The van der Waals surface area contributed by atoms with Crippen molar-refractivity contribution in [2.24, 2.45) is 11.8 Å². The molecule has 3 atom stereocenters. The fourth-order valence-corrected chi connectivity index (χ4v) is 5.39. The SMILES string of the molecule is C[C@H]1[C@@H](NC(=O)CSc2nc3ccccc3c3nc4ccccc4n23)CCC[C@@H]1C. The first-order valence-electron chi connectivity index (χ1n) is 10.7. The monoisotopic (exact) mass is 418 g/mol. The molecule has 0 saturated heterocycles. The molecule has 0 unspecified atom stereocenters. The van der Waals surface area contributed by atoms with Gasteiger partial charge < -0.3 is 5.32 Å². The van der Waals surface area contributed by atoms with E-state index in [-0.39, 0.29) is 11.9 Å². The van der Waals surface area contributed by atoms with Crippen LogP contribution in [0.2, 0.25) is 0 Å². The van der Waals surface area contributed by atoms with Gasteiger partial charge in [0.05, 0.1) is 22.3 Å². The lowest BCUT2D eigenvalue weighted by Crippen LogP contribution is -2.44. The minimum absolute atomic E-state index is 0.0819. The average molecular weight is 419 g/mol. The van der Waals surface area contributed by atoms with E-state index in [1.54, 1.807) is 0 Å². The number of imidazole rings is 1. The summed E-state index contributed by atoms with van der Waals surface area (Å²) in [5.41, 5.74) is 3.74. The molecule has 2 aromatic heterocycles. The normalized spacial score (nSPS) is 22.0. The van der Waals surface area contributed by atoms with Gasteiger partial charge >= 0.3 is 0 Å². The highest BCUT2D eigenvalue weighted by atomic mass is 32.2. The predicted octanol–water partition coefficient (Wildman–Crippen LogP) is 5.07. The second kappa shape index (κ2) is 7.91. The van der Waals surface area contributed by atoms with Crippen LogP contribution in [0.3, 0.4) is 0 Å². The van der Waals surface area contributed by atoms with Gasteiger partial charge in [-0.05, 0) is 42.5 Å². The van der Waals surface area contributed by atoms with Crippen LogP contribution >= 0.6 is 11.8 Å². The van der Waals surface area contributed by atoms with Gasteiger partial charge in [0.25, 0.3) is 0 Å². The van der Waals surface area contributed by atoms with E-state index in [1.165, 1.54) is 24.6 Å². The molecule has 1 aliphatic rings. The molecule has 1 amide bonds. The van der Waals surface area contributed by atoms with Crippen LogP contribution in [0.1, 0.15) is 33.1 Å². The summed E-state index contributed by atoms with van der Waals surface area (Å²) in [5, 5.41) is 5.10. The number of rotatable bonds is 4. The number of thioether (sulfide) groups is 1. The molecule has 5 nitrogen and oxygen atoms in total. The third-order valence-corrected chi connectivity index (χ3v) is 7.44. The number of para-hydroxylation sites is 3. The maximum atomic E-state index is 12.8. The largest absolute Gasteiger partial charge is 0.352 e. The van der Waals surface area contributed by atoms with E-state index in [0.717, 1.165) is 39.2 Å². The van der Waals surface area contributed by atoms with Gasteiger partial charge in [0.1, 0.15) is 5.65 Å². The van der Waals surface area contributed by atoms with Gasteiger partial charge in [-0.15, -0.1) is 0 Å². The first-order valence-corrected chi connectivity index (χ1v) is 11.7. The number of amides is 1. The Morgan fingerprint density at radius 3 is 2.70 bits per heavy atom. The second-order valence-corrected chi connectivity index (χ2v) is 9.34. The maximum Gasteiger partial charge on any atom is 0.230 e. The van der Waals surface area contributed by atoms with Crippen LogP contribution in [0.4, 0.5) is 0 Å². The maximum absolute atomic E-state index is 12.8. The van der Waals surface area contributed by atoms with Crippen LogP contribution in [0, 0.1) is 11.8 Å². The Morgan fingerprint density at radius 1 is 1.07 bits per heavy atom. The standard InChI is InChI=1S/C24H26N4OS/c1-15-8-7-12-18(16(15)2)25-22(29)14-30-24-27-19-10-4-3-9-17(19)23-26-20-11-5-6-13-21(20)28(23)24/h3-6,9-11,13,15-16,18H,7-8,12,14H2,1-2H3,(H,25,29)/t15-,16+,18-/m0/s1. The molecule has 0 radical (unpaired) electrons. The summed E-state index contributed by atoms with van der Waals surface area (Å²) in [4.78, 5) is 22.5. The molecule has 0 aliphatic heterocycles. The van der Waals surface area contributed by atoms with Gasteiger partial charge in [-0.2, -0.15) is 0 Å². The van der Waals surface area contributed by atoms with E-state index >= 15 is 0 Å². The molecular formula is C24H26N4OS. The van der Waals surface area contributed by atoms with E-state index in [9.17, 15) is 4.79 Å². The summed E-state index contributed by atoms with van der Waals surface area (Å²) in [7, 11) is 0. The van der Waals surface area contributed by atoms with Crippen LogP contribution in [0.15, 0.2) is 53.7 Å². The molecule has 2 heterocycles. The number of carbonyl (C=O) groups is 1. The molecule has 1 saturated carbocycles. The van der Waals surface area contributed by atoms with Crippen molar-refractivity contribution in [2.75, 3.05) is 5.75 Å². The van der Waals surface area contributed by atoms with Crippen LogP contribution in [-0.2, 0) is 4.79 Å². The highest BCUT2D eigenvalue weighted by molar-refractivity contribution is 7.99. The molecule has 30 heavy (non-hydrogen) atoms. The van der Waals surface area contributed by atoms with E-state index in [2.05, 4.69) is 35.7 Å². The van der Waals surface area contributed by atoms with E-state index in [4.69, 9.17) is 9.97 Å². The molecule has 1 aliphatic carbocycles. The zero-order chi connectivity index (χ0) is 20.7. The molecule has 5 rings (SSSR count). The smallest absolute Gasteiger partial charge is 0.230 e. The molecular weight excluding hydrogens is 392 g/mol. The quantitative estimate of drug-likeness (QED) is 0.371. The van der Waals surface area contributed by atoms with Crippen molar-refractivity contribution in [1.29, 1.82) is 0 Å². The number of hydrogen-bond acceptors (Lipinski definition) is 4. The number of hydrogen-bond donors (Lipinski definition) is 1. The summed E-state index contributed by atoms with van der Waals surface area (Å²) in [6.07, 6.45) is 3.53. The Kier molecular flexibility index (Phi) is 5.11. The number of nitrogens with one attached hydrogen (secondary N) is 1.